The van der Waals surface area contributed by atoms with Crippen LogP contribution in [0.4, 0.5) is 22.3 Å². The minimum absolute atomic E-state index is 0.0941. The number of fused-ring (bicyclic) bond motifs is 1. The van der Waals surface area contributed by atoms with Gasteiger partial charge in [-0.25, -0.2) is 15.0 Å². The number of benzene rings is 2. The molecule has 4 aromatic rings. The first-order valence-corrected chi connectivity index (χ1v) is 20.9. The van der Waals surface area contributed by atoms with Crippen LogP contribution in [-0.4, -0.2) is 118 Å². The second-order valence-corrected chi connectivity index (χ2v) is 16.8. The van der Waals surface area contributed by atoms with E-state index in [4.69, 9.17) is 11.6 Å². The number of nitrogens with zero attached hydrogens (tertiary/aromatic N) is 7. The predicted molar refractivity (Wildman–Crippen MR) is 221 cm³/mol. The number of para-hydroxylation sites is 1. The fraction of sp³-hybridized carbons (Fsp3) is 0.415. The molecule has 8 rings (SSSR count). The number of thiazole rings is 1. The summed E-state index contributed by atoms with van der Waals surface area (Å²) in [6.45, 7) is 11.3. The van der Waals surface area contributed by atoms with E-state index in [1.807, 2.05) is 38.1 Å². The molecule has 302 valence electrons. The van der Waals surface area contributed by atoms with Crippen LogP contribution >= 0.6 is 22.9 Å². The van der Waals surface area contributed by atoms with Gasteiger partial charge in [-0.1, -0.05) is 35.1 Å². The molecule has 1 unspecified atom stereocenters. The third kappa shape index (κ3) is 8.60. The molecule has 3 N–H and O–H groups in total. The van der Waals surface area contributed by atoms with E-state index in [1.54, 1.807) is 24.4 Å². The molecule has 0 spiro atoms. The number of piperazine rings is 1. The fourth-order valence-corrected chi connectivity index (χ4v) is 9.20. The second kappa shape index (κ2) is 16.9. The maximum atomic E-state index is 13.3. The van der Waals surface area contributed by atoms with Crippen molar-refractivity contribution in [2.75, 3.05) is 67.9 Å². The number of hydrogen-bond donors (Lipinski definition) is 3. The molecule has 3 saturated heterocycles. The molecule has 3 fully saturated rings. The van der Waals surface area contributed by atoms with Crippen molar-refractivity contribution in [1.29, 1.82) is 0 Å². The van der Waals surface area contributed by atoms with E-state index >= 15 is 0 Å². The lowest BCUT2D eigenvalue weighted by Crippen LogP contribution is -2.54. The predicted octanol–water partition coefficient (Wildman–Crippen LogP) is 4.68. The first-order chi connectivity index (χ1) is 28.0. The van der Waals surface area contributed by atoms with Crippen molar-refractivity contribution < 1.29 is 24.0 Å². The molecule has 2 aromatic carbocycles. The number of rotatable bonds is 11. The second-order valence-electron chi connectivity index (χ2n) is 15.3. The molecule has 1 atom stereocenters. The largest absolute Gasteiger partial charge is 0.369 e. The molecule has 2 aromatic heterocycles. The number of carbonyl (C=O) groups is 5. The van der Waals surface area contributed by atoms with Gasteiger partial charge in [0.2, 0.25) is 11.8 Å². The number of amides is 5. The molecule has 15 nitrogen and oxygen atoms in total. The van der Waals surface area contributed by atoms with E-state index in [2.05, 4.69) is 45.6 Å². The highest BCUT2D eigenvalue weighted by Crippen LogP contribution is 2.32. The summed E-state index contributed by atoms with van der Waals surface area (Å²) in [5.74, 6) is -0.306. The number of nitrogens with one attached hydrogen (secondary N) is 3. The third-order valence-electron chi connectivity index (χ3n) is 11.4. The van der Waals surface area contributed by atoms with Gasteiger partial charge in [0, 0.05) is 69.6 Å². The Balaban J connectivity index is 0.773. The quantitative estimate of drug-likeness (QED) is 0.179. The van der Waals surface area contributed by atoms with Crippen LogP contribution in [0.15, 0.2) is 48.7 Å². The monoisotopic (exact) mass is 824 g/mol. The number of halogens is 1. The average molecular weight is 825 g/mol. The maximum Gasteiger partial charge on any atom is 0.267 e. The number of hydrogen-bond acceptors (Lipinski definition) is 13. The van der Waals surface area contributed by atoms with Gasteiger partial charge in [-0.2, -0.15) is 0 Å². The normalized spacial score (nSPS) is 19.4. The Morgan fingerprint density at radius 1 is 0.914 bits per heavy atom. The number of anilines is 4. The zero-order valence-corrected chi connectivity index (χ0v) is 34.0. The van der Waals surface area contributed by atoms with Crippen LogP contribution in [0.3, 0.4) is 0 Å². The summed E-state index contributed by atoms with van der Waals surface area (Å²) < 4.78 is 0. The van der Waals surface area contributed by atoms with E-state index in [9.17, 15) is 24.0 Å². The zero-order valence-electron chi connectivity index (χ0n) is 32.4. The van der Waals surface area contributed by atoms with Gasteiger partial charge in [-0.15, -0.1) is 0 Å². The smallest absolute Gasteiger partial charge is 0.267 e. The Labute approximate surface area is 345 Å². The molecule has 5 amide bonds. The van der Waals surface area contributed by atoms with Crippen LogP contribution in [0.2, 0.25) is 5.02 Å². The van der Waals surface area contributed by atoms with Crippen molar-refractivity contribution in [3.8, 4) is 0 Å². The van der Waals surface area contributed by atoms with Gasteiger partial charge in [-0.05, 0) is 81.9 Å². The Morgan fingerprint density at radius 2 is 1.69 bits per heavy atom. The Bertz CT molecular complexity index is 2250. The molecule has 17 heteroatoms. The molecule has 4 aliphatic heterocycles. The minimum atomic E-state index is -0.970. The molecule has 0 bridgehead atoms. The third-order valence-corrected chi connectivity index (χ3v) is 12.6. The number of carbonyl (C=O) groups excluding carboxylic acids is 5. The Kier molecular flexibility index (Phi) is 11.5. The van der Waals surface area contributed by atoms with E-state index in [-0.39, 0.29) is 24.7 Å². The van der Waals surface area contributed by atoms with Crippen molar-refractivity contribution in [3.63, 3.8) is 0 Å². The molecule has 6 heterocycles. The molecule has 0 radical (unpaired) electrons. The average Bonchev–Trinajstić information content (AvgIpc) is 3.77. The van der Waals surface area contributed by atoms with Crippen molar-refractivity contribution in [2.24, 2.45) is 5.92 Å². The van der Waals surface area contributed by atoms with Crippen molar-refractivity contribution in [2.45, 2.75) is 52.0 Å². The van der Waals surface area contributed by atoms with Crippen LogP contribution in [0.1, 0.15) is 73.2 Å². The van der Waals surface area contributed by atoms with Crippen molar-refractivity contribution >= 4 is 74.8 Å². The highest BCUT2D eigenvalue weighted by molar-refractivity contribution is 7.17. The number of aryl methyl sites for hydroxylation is 2. The van der Waals surface area contributed by atoms with Crippen LogP contribution in [0.25, 0.3) is 0 Å². The molecule has 0 aliphatic carbocycles. The van der Waals surface area contributed by atoms with Gasteiger partial charge in [0.05, 0.1) is 28.0 Å². The van der Waals surface area contributed by atoms with Crippen LogP contribution < -0.4 is 20.9 Å². The van der Waals surface area contributed by atoms with Gasteiger partial charge in [0.1, 0.15) is 22.6 Å². The van der Waals surface area contributed by atoms with Crippen molar-refractivity contribution in [1.82, 2.24) is 35.0 Å². The van der Waals surface area contributed by atoms with Gasteiger partial charge < -0.3 is 20.4 Å². The van der Waals surface area contributed by atoms with E-state index < -0.39 is 23.8 Å². The fourth-order valence-electron chi connectivity index (χ4n) is 8.21. The van der Waals surface area contributed by atoms with Gasteiger partial charge in [0.15, 0.2) is 5.13 Å². The SMILES string of the molecule is Cc1nc(CCN2CCC(CN3CCN(c4ccc5c(c4)C(=O)N(C4CCC(=O)NC4=O)C5=O)CC3)CC2)cc(Nc2ncc(C(=O)Nc3c(C)cccc3Cl)s2)n1. The van der Waals surface area contributed by atoms with Gasteiger partial charge in [0.25, 0.3) is 17.7 Å². The maximum absolute atomic E-state index is 13.3. The van der Waals surface area contributed by atoms with Crippen molar-refractivity contribution in [3.05, 3.63) is 86.8 Å². The topological polar surface area (TPSA) is 173 Å². The van der Waals surface area contributed by atoms with Crippen LogP contribution in [-0.2, 0) is 16.0 Å². The summed E-state index contributed by atoms with van der Waals surface area (Å²) in [7, 11) is 0. The summed E-state index contributed by atoms with van der Waals surface area (Å²) in [6, 6.07) is 11.8. The first kappa shape index (κ1) is 39.5. The molecular weight excluding hydrogens is 780 g/mol. The number of piperidine rings is 2. The number of imide groups is 2. The lowest BCUT2D eigenvalue weighted by Gasteiger charge is -2.39. The summed E-state index contributed by atoms with van der Waals surface area (Å²) in [6.07, 6.45) is 4.84. The summed E-state index contributed by atoms with van der Waals surface area (Å²) >= 11 is 7.54. The zero-order chi connectivity index (χ0) is 40.5. The van der Waals surface area contributed by atoms with E-state index in [0.717, 1.165) is 93.5 Å². The van der Waals surface area contributed by atoms with E-state index in [1.165, 1.54) is 11.3 Å². The molecule has 0 saturated carbocycles. The molecule has 58 heavy (non-hydrogen) atoms. The standard InChI is InChI=1S/C41H45ClN10O5S/c1-24-4-3-5-31(42)36(24)48-38(55)33-22-43-41(58-33)46-34-20-27(44-25(2)45-34)12-15-49-13-10-26(11-14-49)23-50-16-18-51(19-17-50)28-6-7-29-30(21-28)40(57)52(39(29)56)32-8-9-35(53)47-37(32)54/h3-7,20-22,26,32H,8-19,23H2,1-2H3,(H,48,55)(H,47,53,54)(H,43,44,45,46). The number of likely N-dealkylation sites (tertiary alicyclic amines) is 1. The summed E-state index contributed by atoms with van der Waals surface area (Å²) in [5, 5.41) is 9.43. The van der Waals surface area contributed by atoms with Crippen LogP contribution in [0.5, 0.6) is 0 Å². The molecular formula is C41H45ClN10O5S. The summed E-state index contributed by atoms with van der Waals surface area (Å²) in [4.78, 5) is 85.8. The Morgan fingerprint density at radius 3 is 2.45 bits per heavy atom. The van der Waals surface area contributed by atoms with Crippen LogP contribution in [0, 0.1) is 19.8 Å². The lowest BCUT2D eigenvalue weighted by molar-refractivity contribution is -0.136. The molecule has 4 aliphatic rings. The lowest BCUT2D eigenvalue weighted by atomic mass is 9.95. The van der Waals surface area contributed by atoms with E-state index in [0.29, 0.717) is 49.4 Å². The first-order valence-electron chi connectivity index (χ1n) is 19.7. The Hall–Kier alpha value is -5.29. The van der Waals surface area contributed by atoms with Gasteiger partial charge in [-0.3, -0.25) is 39.1 Å². The van der Waals surface area contributed by atoms with Gasteiger partial charge >= 0.3 is 0 Å². The summed E-state index contributed by atoms with van der Waals surface area (Å²) in [5.41, 5.74) is 3.92. The highest BCUT2D eigenvalue weighted by Gasteiger charge is 2.45. The highest BCUT2D eigenvalue weighted by atomic mass is 35.5. The minimum Gasteiger partial charge on any atom is -0.369 e. The number of aromatic nitrogens is 3.